The van der Waals surface area contributed by atoms with Gasteiger partial charge in [0, 0.05) is 42.5 Å². The predicted molar refractivity (Wildman–Crippen MR) is 129 cm³/mol. The minimum absolute atomic E-state index is 0.0269. The maximum absolute atomic E-state index is 12.7. The molecular weight excluding hydrogens is 402 g/mol. The van der Waals surface area contributed by atoms with Crippen LogP contribution in [-0.2, 0) is 11.3 Å². The molecule has 1 aromatic heterocycles. The first kappa shape index (κ1) is 22.4. The predicted octanol–water partition coefficient (Wildman–Crippen LogP) is 3.75. The van der Waals surface area contributed by atoms with E-state index in [1.165, 1.54) is 32.1 Å². The number of nitrogens with one attached hydrogen (secondary N) is 1. The maximum Gasteiger partial charge on any atom is 0.241 e. The van der Waals surface area contributed by atoms with Crippen LogP contribution in [0.5, 0.6) is 5.75 Å². The van der Waals surface area contributed by atoms with E-state index in [2.05, 4.69) is 40.8 Å². The molecule has 4 rings (SSSR count). The van der Waals surface area contributed by atoms with Gasteiger partial charge in [-0.1, -0.05) is 25.8 Å². The molecule has 0 bridgehead atoms. The molecule has 2 aromatic rings. The molecule has 1 aliphatic carbocycles. The first-order valence-electron chi connectivity index (χ1n) is 11.7. The molecule has 7 heteroatoms. The highest BCUT2D eigenvalue weighted by atomic mass is 16.5. The van der Waals surface area contributed by atoms with Gasteiger partial charge in [-0.25, -0.2) is 0 Å². The van der Waals surface area contributed by atoms with Gasteiger partial charge in [0.1, 0.15) is 12.3 Å². The summed E-state index contributed by atoms with van der Waals surface area (Å²) in [6.45, 7) is 8.90. The summed E-state index contributed by atoms with van der Waals surface area (Å²) >= 11 is 0. The van der Waals surface area contributed by atoms with Gasteiger partial charge in [0.25, 0.3) is 0 Å². The number of ether oxygens (including phenoxy) is 1. The van der Waals surface area contributed by atoms with E-state index >= 15 is 0 Å². The monoisotopic (exact) mass is 437 g/mol. The van der Waals surface area contributed by atoms with Crippen LogP contribution in [0.1, 0.15) is 44.6 Å². The lowest BCUT2D eigenvalue weighted by Gasteiger charge is -2.32. The number of anilines is 1. The third-order valence-electron chi connectivity index (χ3n) is 6.82. The molecule has 1 aromatic carbocycles. The molecule has 0 unspecified atom stereocenters. The van der Waals surface area contributed by atoms with Gasteiger partial charge in [-0.15, -0.1) is 0 Å². The van der Waals surface area contributed by atoms with Crippen LogP contribution in [-0.4, -0.2) is 60.4 Å². The van der Waals surface area contributed by atoms with Crippen LogP contribution in [0.15, 0.2) is 31.0 Å². The lowest BCUT2D eigenvalue weighted by molar-refractivity contribution is -0.121. The van der Waals surface area contributed by atoms with Gasteiger partial charge in [-0.2, -0.15) is 5.10 Å². The lowest BCUT2D eigenvalue weighted by Crippen LogP contribution is -2.40. The second-order valence-corrected chi connectivity index (χ2v) is 8.76. The number of rotatable bonds is 8. The van der Waals surface area contributed by atoms with E-state index in [4.69, 9.17) is 4.74 Å². The topological polar surface area (TPSA) is 62.6 Å². The fourth-order valence-corrected chi connectivity index (χ4v) is 4.99. The minimum Gasteiger partial charge on any atom is -0.497 e. The quantitative estimate of drug-likeness (QED) is 0.682. The molecule has 0 atom stereocenters. The van der Waals surface area contributed by atoms with Crippen LogP contribution < -0.4 is 15.0 Å². The van der Waals surface area contributed by atoms with Crippen molar-refractivity contribution in [1.29, 1.82) is 0 Å². The van der Waals surface area contributed by atoms with E-state index in [0.717, 1.165) is 47.0 Å². The van der Waals surface area contributed by atoms with Crippen molar-refractivity contribution in [2.45, 2.75) is 51.6 Å². The normalized spacial score (nSPS) is 16.1. The molecule has 2 aliphatic rings. The number of likely N-dealkylation sites (N-methyl/N-ethyl adjacent to an activating group) is 1. The van der Waals surface area contributed by atoms with Gasteiger partial charge in [-0.05, 0) is 45.0 Å². The Morgan fingerprint density at radius 1 is 1.28 bits per heavy atom. The number of aromatic nitrogens is 2. The minimum atomic E-state index is -0.0269. The van der Waals surface area contributed by atoms with E-state index in [9.17, 15) is 4.79 Å². The molecule has 1 N–H and O–H groups in total. The van der Waals surface area contributed by atoms with Gasteiger partial charge in [0.15, 0.2) is 0 Å². The first-order valence-corrected chi connectivity index (χ1v) is 11.7. The zero-order valence-corrected chi connectivity index (χ0v) is 19.6. The SMILES string of the molecule is C=C1c2cnn(CC(=O)NCCN(C)C3CCCCC3)c2-c2cc(OC)ccc2N1CC. The second kappa shape index (κ2) is 9.77. The van der Waals surface area contributed by atoms with Crippen molar-refractivity contribution in [3.8, 4) is 17.0 Å². The van der Waals surface area contributed by atoms with Crippen molar-refractivity contribution < 1.29 is 9.53 Å². The summed E-state index contributed by atoms with van der Waals surface area (Å²) in [7, 11) is 3.83. The zero-order chi connectivity index (χ0) is 22.7. The highest BCUT2D eigenvalue weighted by Gasteiger charge is 2.29. The number of benzene rings is 1. The largest absolute Gasteiger partial charge is 0.497 e. The number of methoxy groups -OCH3 is 1. The Morgan fingerprint density at radius 2 is 2.06 bits per heavy atom. The van der Waals surface area contributed by atoms with Gasteiger partial charge in [0.2, 0.25) is 5.91 Å². The number of hydrogen-bond donors (Lipinski definition) is 1. The number of nitrogens with zero attached hydrogens (tertiary/aromatic N) is 4. The summed E-state index contributed by atoms with van der Waals surface area (Å²) in [5.74, 6) is 0.752. The van der Waals surface area contributed by atoms with Crippen LogP contribution in [0.2, 0.25) is 0 Å². The molecule has 172 valence electrons. The fraction of sp³-hybridized carbons (Fsp3) is 0.520. The van der Waals surface area contributed by atoms with Gasteiger partial charge in [0.05, 0.1) is 24.7 Å². The highest BCUT2D eigenvalue weighted by molar-refractivity contribution is 5.97. The molecule has 32 heavy (non-hydrogen) atoms. The molecule has 2 heterocycles. The summed E-state index contributed by atoms with van der Waals surface area (Å²) in [5.41, 5.74) is 4.85. The summed E-state index contributed by atoms with van der Waals surface area (Å²) in [6.07, 6.45) is 8.34. The van der Waals surface area contributed by atoms with Crippen LogP contribution in [0.3, 0.4) is 0 Å². The summed E-state index contributed by atoms with van der Waals surface area (Å²) in [4.78, 5) is 17.3. The van der Waals surface area contributed by atoms with Crippen LogP contribution >= 0.6 is 0 Å². The first-order chi connectivity index (χ1) is 15.5. The van der Waals surface area contributed by atoms with Crippen LogP contribution in [0, 0.1) is 0 Å². The van der Waals surface area contributed by atoms with Crippen molar-refractivity contribution in [3.63, 3.8) is 0 Å². The number of amides is 1. The van der Waals surface area contributed by atoms with E-state index < -0.39 is 0 Å². The summed E-state index contributed by atoms with van der Waals surface area (Å²) in [6, 6.07) is 6.66. The molecule has 1 aliphatic heterocycles. The van der Waals surface area contributed by atoms with Gasteiger partial charge in [-0.3, -0.25) is 9.48 Å². The number of hydrogen-bond acceptors (Lipinski definition) is 5. The van der Waals surface area contributed by atoms with Crippen LogP contribution in [0.25, 0.3) is 17.0 Å². The third kappa shape index (κ3) is 4.39. The van der Waals surface area contributed by atoms with Gasteiger partial charge < -0.3 is 19.9 Å². The highest BCUT2D eigenvalue weighted by Crippen LogP contribution is 2.44. The van der Waals surface area contributed by atoms with Crippen molar-refractivity contribution in [2.75, 3.05) is 38.7 Å². The molecule has 0 saturated heterocycles. The third-order valence-corrected chi connectivity index (χ3v) is 6.82. The molecule has 0 spiro atoms. The second-order valence-electron chi connectivity index (χ2n) is 8.76. The van der Waals surface area contributed by atoms with E-state index in [0.29, 0.717) is 12.6 Å². The van der Waals surface area contributed by atoms with Crippen molar-refractivity contribution in [2.24, 2.45) is 0 Å². The molecule has 1 fully saturated rings. The van der Waals surface area contributed by atoms with Crippen LogP contribution in [0.4, 0.5) is 5.69 Å². The molecule has 1 saturated carbocycles. The average Bonchev–Trinajstić information content (AvgIpc) is 3.23. The smallest absolute Gasteiger partial charge is 0.241 e. The maximum atomic E-state index is 12.7. The Kier molecular flexibility index (Phi) is 6.84. The number of carbonyl (C=O) groups excluding carboxylic acids is 1. The fourth-order valence-electron chi connectivity index (χ4n) is 4.99. The number of fused-ring (bicyclic) bond motifs is 3. The standard InChI is InChI=1S/C25H35N5O2/c1-5-29-18(2)22-16-27-30(25(22)21-15-20(32-4)11-12-23(21)29)17-24(31)26-13-14-28(3)19-9-7-6-8-10-19/h11-12,15-16,19H,2,5-10,13-14,17H2,1,3-4H3,(H,26,31). The van der Waals surface area contributed by atoms with Crippen molar-refractivity contribution >= 4 is 17.3 Å². The summed E-state index contributed by atoms with van der Waals surface area (Å²) in [5, 5.41) is 7.62. The zero-order valence-electron chi connectivity index (χ0n) is 19.6. The molecule has 0 radical (unpaired) electrons. The molecular formula is C25H35N5O2. The van der Waals surface area contributed by atoms with Crippen molar-refractivity contribution in [3.05, 3.63) is 36.5 Å². The average molecular weight is 438 g/mol. The molecule has 7 nitrogen and oxygen atoms in total. The Hall–Kier alpha value is -2.80. The summed E-state index contributed by atoms with van der Waals surface area (Å²) < 4.78 is 7.24. The van der Waals surface area contributed by atoms with E-state index in [1.54, 1.807) is 11.8 Å². The van der Waals surface area contributed by atoms with E-state index in [1.807, 2.05) is 24.4 Å². The lowest BCUT2D eigenvalue weighted by atomic mass is 9.94. The van der Waals surface area contributed by atoms with E-state index in [-0.39, 0.29) is 12.5 Å². The Labute approximate surface area is 191 Å². The Bertz CT molecular complexity index is 977. The number of carbonyl (C=O) groups is 1. The van der Waals surface area contributed by atoms with Gasteiger partial charge >= 0.3 is 0 Å². The van der Waals surface area contributed by atoms with Crippen molar-refractivity contribution in [1.82, 2.24) is 20.0 Å². The Balaban J connectivity index is 1.46. The molecule has 1 amide bonds. The Morgan fingerprint density at radius 3 is 2.78 bits per heavy atom.